The van der Waals surface area contributed by atoms with E-state index < -0.39 is 7.75 Å². The van der Waals surface area contributed by atoms with Crippen LogP contribution >= 0.6 is 7.75 Å². The molecule has 4 N–H and O–H groups in total. The summed E-state index contributed by atoms with van der Waals surface area (Å²) in [6.45, 7) is 0. The molecule has 0 aliphatic heterocycles. The van der Waals surface area contributed by atoms with Crippen LogP contribution in [0.25, 0.3) is 0 Å². The average Bonchev–Trinajstić information content (AvgIpc) is 0.722. The zero-order valence-electron chi connectivity index (χ0n) is 4.33. The largest absolute Gasteiger partial charge is 1.00 e. The van der Waals surface area contributed by atoms with Gasteiger partial charge in [-0.2, -0.15) is 0 Å². The zero-order valence-corrected chi connectivity index (χ0v) is 7.34. The topological polar surface area (TPSA) is 83.6 Å². The molecule has 0 unspecified atom stereocenters. The fraction of sp³-hybridized carbons (Fsp3) is 0. The molecule has 0 rings (SSSR count). The molecule has 0 fully saturated rings. The van der Waals surface area contributed by atoms with Crippen LogP contribution in [0.1, 0.15) is 1.43 Å². The second-order valence-corrected chi connectivity index (χ2v) is 1.77. The Labute approximate surface area is 79.2 Å². The van der Waals surface area contributed by atoms with Crippen molar-refractivity contribution >= 4 is 7.75 Å². The Kier molecular flexibility index (Phi) is 6.61. The van der Waals surface area contributed by atoms with Gasteiger partial charge in [-0.05, 0) is 0 Å². The Morgan fingerprint density at radius 2 is 1.67 bits per heavy atom. The molecular weight excluding hydrogens is 132 g/mol. The Hall–Kier alpha value is 1.75. The van der Waals surface area contributed by atoms with Gasteiger partial charge in [0.2, 0.25) is 0 Å². The molecule has 6 heteroatoms. The van der Waals surface area contributed by atoms with E-state index in [1.54, 1.807) is 0 Å². The van der Waals surface area contributed by atoms with Gasteiger partial charge in [0.15, 0.2) is 0 Å². The van der Waals surface area contributed by atoms with Gasteiger partial charge in [-0.3, -0.25) is 0 Å². The molecule has 0 aromatic rings. The van der Waals surface area contributed by atoms with Crippen molar-refractivity contribution in [2.24, 2.45) is 5.50 Å². The van der Waals surface area contributed by atoms with Gasteiger partial charge in [0.1, 0.15) is 0 Å². The standard InChI is InChI=1S/K.H4NO3P.H/c;1-5(2,3)4;/h;(H4,1,2,3,4);/q+1;;-1. The van der Waals surface area contributed by atoms with E-state index in [1.165, 1.54) is 0 Å². The summed E-state index contributed by atoms with van der Waals surface area (Å²) in [5.41, 5.74) is 4.02. The van der Waals surface area contributed by atoms with E-state index >= 15 is 0 Å². The smallest absolute Gasteiger partial charge is 1.00 e. The van der Waals surface area contributed by atoms with Crippen molar-refractivity contribution in [3.63, 3.8) is 0 Å². The third kappa shape index (κ3) is 42.4. The third-order valence-electron chi connectivity index (χ3n) is 0. The molecule has 0 aromatic heterocycles. The zero-order chi connectivity index (χ0) is 4.50. The maximum atomic E-state index is 9.10. The summed E-state index contributed by atoms with van der Waals surface area (Å²) in [4.78, 5) is 14.8. The fourth-order valence-corrected chi connectivity index (χ4v) is 0. The van der Waals surface area contributed by atoms with E-state index in [0.29, 0.717) is 0 Å². The van der Waals surface area contributed by atoms with Crippen LogP contribution in [0, 0.1) is 0 Å². The summed E-state index contributed by atoms with van der Waals surface area (Å²) in [7, 11) is -4.14. The van der Waals surface area contributed by atoms with Crippen LogP contribution in [0.4, 0.5) is 0 Å². The van der Waals surface area contributed by atoms with Crippen molar-refractivity contribution in [2.75, 3.05) is 0 Å². The van der Waals surface area contributed by atoms with Gasteiger partial charge >= 0.3 is 59.1 Å². The van der Waals surface area contributed by atoms with E-state index in [9.17, 15) is 0 Å². The van der Waals surface area contributed by atoms with Crippen molar-refractivity contribution in [1.82, 2.24) is 0 Å². The van der Waals surface area contributed by atoms with Gasteiger partial charge < -0.3 is 11.2 Å². The number of hydrogen-bond acceptors (Lipinski definition) is 1. The Bertz CT molecular complexity index is 61.1. The number of nitrogens with two attached hydrogens (primary N) is 1. The van der Waals surface area contributed by atoms with Crippen molar-refractivity contribution < 1.29 is 67.2 Å². The van der Waals surface area contributed by atoms with Crippen LogP contribution in [0.3, 0.4) is 0 Å². The monoisotopic (exact) mass is 137 g/mol. The molecule has 0 aliphatic carbocycles. The molecule has 0 aromatic carbocycles. The van der Waals surface area contributed by atoms with Crippen molar-refractivity contribution in [3.8, 4) is 0 Å². The van der Waals surface area contributed by atoms with E-state index in [-0.39, 0.29) is 52.8 Å². The predicted molar refractivity (Wildman–Crippen MR) is 17.3 cm³/mol. The average molecular weight is 137 g/mol. The molecule has 0 atom stereocenters. The second kappa shape index (κ2) is 3.71. The molecular formula is H5KNO3P. The molecule has 6 heavy (non-hydrogen) atoms. The van der Waals surface area contributed by atoms with Gasteiger partial charge in [-0.25, -0.2) is 10.1 Å². The van der Waals surface area contributed by atoms with Crippen LogP contribution in [0.2, 0.25) is 0 Å². The van der Waals surface area contributed by atoms with Gasteiger partial charge in [-0.1, -0.05) is 0 Å². The molecule has 0 radical (unpaired) electrons. The van der Waals surface area contributed by atoms with Crippen molar-refractivity contribution in [3.05, 3.63) is 0 Å². The molecule has 0 heterocycles. The molecule has 34 valence electrons. The normalized spacial score (nSPS) is 9.83. The summed E-state index contributed by atoms with van der Waals surface area (Å²) in [6, 6.07) is 0. The minimum Gasteiger partial charge on any atom is -1.00 e. The van der Waals surface area contributed by atoms with Crippen LogP contribution in [-0.4, -0.2) is 9.79 Å². The second-order valence-electron chi connectivity index (χ2n) is 0.589. The predicted octanol–water partition coefficient (Wildman–Crippen LogP) is -3.85. The first-order chi connectivity index (χ1) is 2.00. The third-order valence-corrected chi connectivity index (χ3v) is 0. The summed E-state index contributed by atoms with van der Waals surface area (Å²) < 4.78 is 9.10. The maximum Gasteiger partial charge on any atom is 1.00 e. The molecule has 0 bridgehead atoms. The Morgan fingerprint density at radius 3 is 1.67 bits per heavy atom. The molecule has 0 spiro atoms. The van der Waals surface area contributed by atoms with Gasteiger partial charge in [-0.15, -0.1) is 0 Å². The molecule has 0 aliphatic rings. The first-order valence-electron chi connectivity index (χ1n) is 0.841. The number of rotatable bonds is 0. The summed E-state index contributed by atoms with van der Waals surface area (Å²) >= 11 is 0. The summed E-state index contributed by atoms with van der Waals surface area (Å²) in [5, 5.41) is 0. The fourth-order valence-electron chi connectivity index (χ4n) is 0. The number of hydrogen-bond donors (Lipinski definition) is 3. The van der Waals surface area contributed by atoms with E-state index in [1.807, 2.05) is 0 Å². The quantitative estimate of drug-likeness (QED) is 0.236. The molecule has 4 nitrogen and oxygen atoms in total. The molecule has 0 saturated heterocycles. The minimum absolute atomic E-state index is 0. The van der Waals surface area contributed by atoms with E-state index in [2.05, 4.69) is 5.50 Å². The van der Waals surface area contributed by atoms with E-state index in [0.717, 1.165) is 0 Å². The minimum atomic E-state index is -4.14. The van der Waals surface area contributed by atoms with Gasteiger partial charge in [0.05, 0.1) is 0 Å². The maximum absolute atomic E-state index is 9.10. The summed E-state index contributed by atoms with van der Waals surface area (Å²) in [5.74, 6) is 0. The Morgan fingerprint density at radius 1 is 1.67 bits per heavy atom. The van der Waals surface area contributed by atoms with Crippen LogP contribution in [-0.2, 0) is 4.57 Å². The molecule has 0 amide bonds. The van der Waals surface area contributed by atoms with E-state index in [4.69, 9.17) is 14.4 Å². The van der Waals surface area contributed by atoms with Crippen LogP contribution in [0.15, 0.2) is 0 Å². The Balaban J connectivity index is -0.0000000800. The first-order valence-corrected chi connectivity index (χ1v) is 2.52. The van der Waals surface area contributed by atoms with Gasteiger partial charge in [0, 0.05) is 0 Å². The molecule has 0 saturated carbocycles. The van der Waals surface area contributed by atoms with Crippen molar-refractivity contribution in [2.45, 2.75) is 0 Å². The summed E-state index contributed by atoms with van der Waals surface area (Å²) in [6.07, 6.45) is 0. The van der Waals surface area contributed by atoms with Crippen LogP contribution in [0.5, 0.6) is 0 Å². The van der Waals surface area contributed by atoms with Gasteiger partial charge in [0.25, 0.3) is 0 Å². The van der Waals surface area contributed by atoms with Crippen LogP contribution < -0.4 is 56.9 Å². The van der Waals surface area contributed by atoms with Crippen molar-refractivity contribution in [1.29, 1.82) is 0 Å². The first kappa shape index (κ1) is 10.7. The SMILES string of the molecule is NP(=O)(O)O.[H-].[K+].